The number of alkyl halides is 3. The Morgan fingerprint density at radius 3 is 2.43 bits per heavy atom. The summed E-state index contributed by atoms with van der Waals surface area (Å²) in [6.45, 7) is 7.40. The fourth-order valence-corrected chi connectivity index (χ4v) is 6.82. The highest BCUT2D eigenvalue weighted by molar-refractivity contribution is 7.98. The molecule has 1 aliphatic heterocycles. The maximum Gasteiger partial charge on any atom is 0.272 e. The second-order valence-electron chi connectivity index (χ2n) is 13.3. The molecule has 2 aromatic heterocycles. The predicted molar refractivity (Wildman–Crippen MR) is 206 cm³/mol. The number of benzene rings is 1. The largest absolute Gasteiger partial charge is 0.497 e. The number of carbonyl (C=O) groups is 2. The smallest absolute Gasteiger partial charge is 0.272 e. The summed E-state index contributed by atoms with van der Waals surface area (Å²) in [5.41, 5.74) is -0.533. The molecule has 11 nitrogen and oxygen atoms in total. The SMILES string of the molecule is CC.COc1ccc(-c2cc(NC(=O)c3cc(CNCC(C)C(CSC)OC)cn(C4CC4)c3=O)nc(OCC(F)F)c2)c(C(=O)N2CC(C)(F)C2)c1.[HH].[HH]. The van der Waals surface area contributed by atoms with Crippen LogP contribution in [0, 0.1) is 5.92 Å². The molecule has 1 saturated heterocycles. The Kier molecular flexibility index (Phi) is 14.8. The topological polar surface area (TPSA) is 124 Å². The lowest BCUT2D eigenvalue weighted by molar-refractivity contribution is -0.00782. The van der Waals surface area contributed by atoms with Gasteiger partial charge in [0.15, 0.2) is 6.61 Å². The van der Waals surface area contributed by atoms with Gasteiger partial charge in [-0.3, -0.25) is 14.4 Å². The molecule has 2 atom stereocenters. The maximum atomic E-state index is 14.3. The van der Waals surface area contributed by atoms with Crippen LogP contribution < -0.4 is 25.7 Å². The number of nitrogens with zero attached hydrogens (tertiary/aromatic N) is 3. The van der Waals surface area contributed by atoms with Crippen LogP contribution in [0.1, 0.15) is 75.7 Å². The van der Waals surface area contributed by atoms with Crippen LogP contribution in [0.15, 0.2) is 47.4 Å². The molecular formula is C38H54F3N5O6S. The van der Waals surface area contributed by atoms with Gasteiger partial charge >= 0.3 is 0 Å². The Hall–Kier alpha value is -4.08. The van der Waals surface area contributed by atoms with Gasteiger partial charge < -0.3 is 34.3 Å². The lowest BCUT2D eigenvalue weighted by Crippen LogP contribution is -2.59. The maximum absolute atomic E-state index is 14.3. The standard InChI is InChI=1S/C36H44F3N5O6S.C2H6.2H2/c1-21(29(49-4)18-51-5)14-40-15-22-10-28(35(47)44(16-22)24-6-7-24)33(45)42-31-11-23(12-32(41-31)50-17-30(37)38)26-9-8-25(48-3)13-27(26)34(46)43-19-36(2,39)20-43;1-2;;/h8-13,16,21,24,29-30,40H,6-7,14-15,17-20H2,1-5H3,(H,41,42,45);1-2H3;2*1H. The van der Waals surface area contributed by atoms with Crippen molar-refractivity contribution < 1.29 is 39.8 Å². The van der Waals surface area contributed by atoms with Gasteiger partial charge in [0.2, 0.25) is 5.88 Å². The van der Waals surface area contributed by atoms with E-state index in [1.165, 1.54) is 43.2 Å². The Morgan fingerprint density at radius 2 is 1.83 bits per heavy atom. The van der Waals surface area contributed by atoms with E-state index in [9.17, 15) is 27.6 Å². The molecule has 3 heterocycles. The summed E-state index contributed by atoms with van der Waals surface area (Å²) in [5.74, 6) is -0.0945. The number of rotatable bonds is 17. The van der Waals surface area contributed by atoms with E-state index >= 15 is 0 Å². The van der Waals surface area contributed by atoms with Crippen LogP contribution in [0.2, 0.25) is 0 Å². The molecule has 0 bridgehead atoms. The summed E-state index contributed by atoms with van der Waals surface area (Å²) >= 11 is 1.71. The second-order valence-corrected chi connectivity index (χ2v) is 14.2. The molecular weight excluding hydrogens is 712 g/mol. The van der Waals surface area contributed by atoms with Crippen LogP contribution in [0.3, 0.4) is 0 Å². The van der Waals surface area contributed by atoms with Gasteiger partial charge in [0, 0.05) is 47.1 Å². The number of halogens is 3. The molecule has 53 heavy (non-hydrogen) atoms. The zero-order valence-electron chi connectivity index (χ0n) is 31.3. The number of carbonyl (C=O) groups excluding carboxylic acids is 2. The van der Waals surface area contributed by atoms with Crippen molar-refractivity contribution in [1.29, 1.82) is 0 Å². The summed E-state index contributed by atoms with van der Waals surface area (Å²) in [4.78, 5) is 46.4. The van der Waals surface area contributed by atoms with Gasteiger partial charge in [0.25, 0.3) is 23.8 Å². The van der Waals surface area contributed by atoms with E-state index in [4.69, 9.17) is 14.2 Å². The average Bonchev–Trinajstić information content (AvgIpc) is 3.98. The highest BCUT2D eigenvalue weighted by atomic mass is 32.2. The first-order valence-electron chi connectivity index (χ1n) is 17.7. The van der Waals surface area contributed by atoms with Gasteiger partial charge in [-0.25, -0.2) is 13.2 Å². The molecule has 2 fully saturated rings. The molecule has 2 N–H and O–H groups in total. The molecule has 1 aromatic carbocycles. The van der Waals surface area contributed by atoms with Crippen LogP contribution in [-0.4, -0.2) is 96.9 Å². The highest BCUT2D eigenvalue weighted by Crippen LogP contribution is 2.35. The molecule has 2 aliphatic rings. The van der Waals surface area contributed by atoms with Gasteiger partial charge in [0.05, 0.1) is 31.9 Å². The number of ether oxygens (including phenoxy) is 3. The fraction of sp³-hybridized carbons (Fsp3) is 0.526. The second kappa shape index (κ2) is 18.8. The third-order valence-electron chi connectivity index (χ3n) is 8.85. The van der Waals surface area contributed by atoms with E-state index in [2.05, 4.69) is 22.5 Å². The van der Waals surface area contributed by atoms with Gasteiger partial charge in [-0.15, -0.1) is 0 Å². The number of likely N-dealkylation sites (tertiary alicyclic amines) is 1. The van der Waals surface area contributed by atoms with Crippen LogP contribution in [0.25, 0.3) is 11.1 Å². The molecule has 294 valence electrons. The number of amides is 2. The normalized spacial score (nSPS) is 15.9. The number of nitrogens with one attached hydrogen (secondary N) is 2. The summed E-state index contributed by atoms with van der Waals surface area (Å²) in [6, 6.07) is 9.06. The zero-order valence-corrected chi connectivity index (χ0v) is 32.2. The molecule has 1 aliphatic carbocycles. The minimum atomic E-state index is -2.81. The monoisotopic (exact) mass is 765 g/mol. The molecule has 1 saturated carbocycles. The number of hydrogen-bond donors (Lipinski definition) is 2. The first kappa shape index (κ1) is 41.7. The summed E-state index contributed by atoms with van der Waals surface area (Å²) < 4.78 is 58.4. The molecule has 3 aromatic rings. The van der Waals surface area contributed by atoms with E-state index in [0.29, 0.717) is 30.0 Å². The van der Waals surface area contributed by atoms with Crippen molar-refractivity contribution in [2.45, 2.75) is 71.3 Å². The van der Waals surface area contributed by atoms with Gasteiger partial charge in [-0.05, 0) is 79.0 Å². The lowest BCUT2D eigenvalue weighted by Gasteiger charge is -2.42. The third-order valence-corrected chi connectivity index (χ3v) is 9.51. The fourth-order valence-electron chi connectivity index (χ4n) is 6.02. The predicted octanol–water partition coefficient (Wildman–Crippen LogP) is 6.96. The molecule has 2 amide bonds. The number of anilines is 1. The van der Waals surface area contributed by atoms with Crippen LogP contribution in [0.4, 0.5) is 19.0 Å². The minimum Gasteiger partial charge on any atom is -0.497 e. The number of thioether (sulfide) groups is 1. The van der Waals surface area contributed by atoms with Crippen molar-refractivity contribution in [2.24, 2.45) is 5.92 Å². The summed E-state index contributed by atoms with van der Waals surface area (Å²) in [7, 11) is 3.13. The Bertz CT molecular complexity index is 1790. The van der Waals surface area contributed by atoms with Crippen molar-refractivity contribution in [2.75, 3.05) is 57.8 Å². The van der Waals surface area contributed by atoms with E-state index in [1.807, 2.05) is 20.1 Å². The highest BCUT2D eigenvalue weighted by Gasteiger charge is 2.42. The number of methoxy groups -OCH3 is 2. The number of aromatic nitrogens is 2. The first-order chi connectivity index (χ1) is 25.3. The van der Waals surface area contributed by atoms with Crippen molar-refractivity contribution in [3.8, 4) is 22.8 Å². The molecule has 0 spiro atoms. The Labute approximate surface area is 315 Å². The van der Waals surface area contributed by atoms with Crippen LogP contribution >= 0.6 is 11.8 Å². The van der Waals surface area contributed by atoms with E-state index in [0.717, 1.165) is 24.2 Å². The van der Waals surface area contributed by atoms with Crippen LogP contribution in [0.5, 0.6) is 11.6 Å². The number of pyridine rings is 2. The van der Waals surface area contributed by atoms with Crippen LogP contribution in [-0.2, 0) is 11.3 Å². The Morgan fingerprint density at radius 1 is 1.11 bits per heavy atom. The van der Waals surface area contributed by atoms with E-state index in [-0.39, 0.29) is 56.8 Å². The van der Waals surface area contributed by atoms with E-state index in [1.54, 1.807) is 41.8 Å². The zero-order chi connectivity index (χ0) is 38.9. The van der Waals surface area contributed by atoms with Gasteiger partial charge in [-0.2, -0.15) is 16.7 Å². The molecule has 15 heteroatoms. The van der Waals surface area contributed by atoms with Gasteiger partial charge in [-0.1, -0.05) is 20.8 Å². The van der Waals surface area contributed by atoms with Crippen molar-refractivity contribution >= 4 is 29.4 Å². The quantitative estimate of drug-likeness (QED) is 0.150. The average molecular weight is 766 g/mol. The summed E-state index contributed by atoms with van der Waals surface area (Å²) in [6.07, 6.45) is 2.69. The number of hydrogen-bond acceptors (Lipinski definition) is 9. The van der Waals surface area contributed by atoms with Crippen molar-refractivity contribution in [3.63, 3.8) is 0 Å². The molecule has 5 rings (SSSR count). The minimum absolute atomic E-state index is 0. The lowest BCUT2D eigenvalue weighted by atomic mass is 9.94. The molecule has 0 radical (unpaired) electrons. The third kappa shape index (κ3) is 11.0. The first-order valence-corrected chi connectivity index (χ1v) is 19.1. The van der Waals surface area contributed by atoms with Crippen molar-refractivity contribution in [1.82, 2.24) is 19.8 Å². The van der Waals surface area contributed by atoms with Gasteiger partial charge in [0.1, 0.15) is 22.8 Å². The molecule has 2 unspecified atom stereocenters. The van der Waals surface area contributed by atoms with E-state index < -0.39 is 36.1 Å². The van der Waals surface area contributed by atoms with Crippen molar-refractivity contribution in [3.05, 3.63) is 69.6 Å². The Balaban J connectivity index is 0.00000257. The summed E-state index contributed by atoms with van der Waals surface area (Å²) in [5, 5.41) is 6.06.